The van der Waals surface area contributed by atoms with Gasteiger partial charge in [0.05, 0.1) is 5.69 Å². The fourth-order valence-corrected chi connectivity index (χ4v) is 3.81. The zero-order valence-electron chi connectivity index (χ0n) is 16.8. The Bertz CT molecular complexity index is 1010. The molecule has 5 nitrogen and oxygen atoms in total. The molecule has 0 unspecified atom stereocenters. The van der Waals surface area contributed by atoms with Gasteiger partial charge in [0, 0.05) is 24.3 Å². The third-order valence-electron chi connectivity index (χ3n) is 5.19. The van der Waals surface area contributed by atoms with Gasteiger partial charge in [0.1, 0.15) is 5.82 Å². The van der Waals surface area contributed by atoms with Crippen LogP contribution in [0.2, 0.25) is 0 Å². The van der Waals surface area contributed by atoms with Crippen molar-refractivity contribution < 1.29 is 9.18 Å². The maximum absolute atomic E-state index is 13.3. The van der Waals surface area contributed by atoms with Crippen LogP contribution >= 0.6 is 0 Å². The zero-order chi connectivity index (χ0) is 20.4. The van der Waals surface area contributed by atoms with Crippen molar-refractivity contribution >= 4 is 5.91 Å². The van der Waals surface area contributed by atoms with E-state index in [-0.39, 0.29) is 11.7 Å². The number of carbonyl (C=O) groups is 1. The highest BCUT2D eigenvalue weighted by molar-refractivity contribution is 5.94. The summed E-state index contributed by atoms with van der Waals surface area (Å²) >= 11 is 0. The number of nitrogens with zero attached hydrogens (tertiary/aromatic N) is 3. The number of fused-ring (bicyclic) bond motifs is 1. The van der Waals surface area contributed by atoms with Gasteiger partial charge in [-0.05, 0) is 68.8 Å². The van der Waals surface area contributed by atoms with E-state index >= 15 is 0 Å². The van der Waals surface area contributed by atoms with Crippen LogP contribution in [0.25, 0.3) is 5.69 Å². The van der Waals surface area contributed by atoms with Crippen LogP contribution in [0.4, 0.5) is 4.39 Å². The normalized spacial score (nSPS) is 13.0. The summed E-state index contributed by atoms with van der Waals surface area (Å²) in [5.74, 6) is -0.450. The molecule has 0 spiro atoms. The first-order valence-corrected chi connectivity index (χ1v) is 9.89. The molecule has 0 saturated carbocycles. The second-order valence-electron chi connectivity index (χ2n) is 7.75. The highest BCUT2D eigenvalue weighted by atomic mass is 19.1. The van der Waals surface area contributed by atoms with Crippen LogP contribution in [0.1, 0.15) is 39.3 Å². The average Bonchev–Trinajstić information content (AvgIpc) is 3.30. The number of amides is 1. The summed E-state index contributed by atoms with van der Waals surface area (Å²) in [5.41, 5.74) is 5.60. The van der Waals surface area contributed by atoms with E-state index < -0.39 is 0 Å². The lowest BCUT2D eigenvalue weighted by Crippen LogP contribution is -2.24. The molecular formula is C23H25FN4O. The van der Waals surface area contributed by atoms with Crippen molar-refractivity contribution in [3.63, 3.8) is 0 Å². The third kappa shape index (κ3) is 4.22. The molecule has 1 amide bonds. The molecule has 3 aromatic rings. The highest BCUT2D eigenvalue weighted by Gasteiger charge is 2.26. The van der Waals surface area contributed by atoms with E-state index in [4.69, 9.17) is 0 Å². The first-order chi connectivity index (χ1) is 14.0. The number of carbonyl (C=O) groups excluding carboxylic acids is 1. The molecule has 0 radical (unpaired) electrons. The van der Waals surface area contributed by atoms with Crippen LogP contribution in [0.5, 0.6) is 0 Å². The van der Waals surface area contributed by atoms with Gasteiger partial charge in [-0.15, -0.1) is 0 Å². The van der Waals surface area contributed by atoms with Gasteiger partial charge in [0.2, 0.25) is 0 Å². The molecule has 0 saturated heterocycles. The van der Waals surface area contributed by atoms with Gasteiger partial charge in [0.15, 0.2) is 5.69 Å². The summed E-state index contributed by atoms with van der Waals surface area (Å²) < 4.78 is 15.0. The maximum Gasteiger partial charge on any atom is 0.272 e. The van der Waals surface area contributed by atoms with Gasteiger partial charge in [0.25, 0.3) is 5.91 Å². The number of hydrogen-bond donors (Lipinski definition) is 1. The SMILES string of the molecule is CN(C)Cc1ccc(CNC(=O)c2nn(-c3ccc(F)cc3)c3c2CCC3)cc1. The van der Waals surface area contributed by atoms with E-state index in [0.717, 1.165) is 48.3 Å². The first-order valence-electron chi connectivity index (χ1n) is 9.89. The average molecular weight is 392 g/mol. The van der Waals surface area contributed by atoms with Gasteiger partial charge in [-0.1, -0.05) is 24.3 Å². The fraction of sp³-hybridized carbons (Fsp3) is 0.304. The lowest BCUT2D eigenvalue weighted by Gasteiger charge is -2.10. The van der Waals surface area contributed by atoms with Gasteiger partial charge in [-0.2, -0.15) is 5.10 Å². The second-order valence-corrected chi connectivity index (χ2v) is 7.75. The predicted molar refractivity (Wildman–Crippen MR) is 111 cm³/mol. The van der Waals surface area contributed by atoms with Crippen LogP contribution in [0, 0.1) is 5.82 Å². The van der Waals surface area contributed by atoms with Crippen molar-refractivity contribution in [2.45, 2.75) is 32.4 Å². The Labute approximate surface area is 170 Å². The minimum atomic E-state index is -0.285. The van der Waals surface area contributed by atoms with E-state index in [0.29, 0.717) is 12.2 Å². The van der Waals surface area contributed by atoms with Crippen molar-refractivity contribution in [3.05, 3.63) is 82.4 Å². The Balaban J connectivity index is 1.49. The van der Waals surface area contributed by atoms with Crippen LogP contribution in [-0.4, -0.2) is 34.7 Å². The predicted octanol–water partition coefficient (Wildman–Crippen LogP) is 3.49. The molecule has 1 aliphatic carbocycles. The summed E-state index contributed by atoms with van der Waals surface area (Å²) in [6.45, 7) is 1.35. The van der Waals surface area contributed by atoms with E-state index in [9.17, 15) is 9.18 Å². The Kier molecular flexibility index (Phi) is 5.45. The van der Waals surface area contributed by atoms with E-state index in [1.807, 2.05) is 26.2 Å². The molecule has 1 N–H and O–H groups in total. The van der Waals surface area contributed by atoms with E-state index in [1.165, 1.54) is 17.7 Å². The number of nitrogens with one attached hydrogen (secondary N) is 1. The standard InChI is InChI=1S/C23H25FN4O/c1-27(2)15-17-8-6-16(7-9-17)14-25-23(29)22-20-4-3-5-21(20)28(26-22)19-12-10-18(24)11-13-19/h6-13H,3-5,14-15H2,1-2H3,(H,25,29). The summed E-state index contributed by atoms with van der Waals surface area (Å²) in [6, 6.07) is 14.5. The minimum absolute atomic E-state index is 0.165. The van der Waals surface area contributed by atoms with Gasteiger partial charge >= 0.3 is 0 Å². The second kappa shape index (κ2) is 8.17. The molecule has 1 aromatic heterocycles. The molecule has 0 aliphatic heterocycles. The molecule has 0 bridgehead atoms. The number of hydrogen-bond acceptors (Lipinski definition) is 3. The molecule has 1 heterocycles. The molecule has 1 aliphatic rings. The zero-order valence-corrected chi connectivity index (χ0v) is 16.8. The lowest BCUT2D eigenvalue weighted by molar-refractivity contribution is 0.0944. The van der Waals surface area contributed by atoms with E-state index in [1.54, 1.807) is 16.8 Å². The molecule has 150 valence electrons. The van der Waals surface area contributed by atoms with Gasteiger partial charge in [-0.3, -0.25) is 4.79 Å². The lowest BCUT2D eigenvalue weighted by atomic mass is 10.1. The number of rotatable bonds is 6. The Morgan fingerprint density at radius 1 is 1.07 bits per heavy atom. The topological polar surface area (TPSA) is 50.2 Å². The van der Waals surface area contributed by atoms with Crippen molar-refractivity contribution in [3.8, 4) is 5.69 Å². The van der Waals surface area contributed by atoms with Crippen LogP contribution in [0.15, 0.2) is 48.5 Å². The highest BCUT2D eigenvalue weighted by Crippen LogP contribution is 2.28. The molecule has 0 atom stereocenters. The Hall–Kier alpha value is -2.99. The van der Waals surface area contributed by atoms with Crippen molar-refractivity contribution in [1.29, 1.82) is 0 Å². The monoisotopic (exact) mass is 392 g/mol. The molecule has 29 heavy (non-hydrogen) atoms. The maximum atomic E-state index is 13.3. The van der Waals surface area contributed by atoms with Gasteiger partial charge < -0.3 is 10.2 Å². The molecule has 4 rings (SSSR count). The summed E-state index contributed by atoms with van der Waals surface area (Å²) in [5, 5.41) is 7.56. The van der Waals surface area contributed by atoms with Crippen molar-refractivity contribution in [1.82, 2.24) is 20.0 Å². The van der Waals surface area contributed by atoms with Crippen molar-refractivity contribution in [2.75, 3.05) is 14.1 Å². The summed E-state index contributed by atoms with van der Waals surface area (Å²) in [6.07, 6.45) is 2.72. The quantitative estimate of drug-likeness (QED) is 0.699. The summed E-state index contributed by atoms with van der Waals surface area (Å²) in [7, 11) is 4.08. The smallest absolute Gasteiger partial charge is 0.272 e. The Morgan fingerprint density at radius 2 is 1.76 bits per heavy atom. The van der Waals surface area contributed by atoms with Gasteiger partial charge in [-0.25, -0.2) is 9.07 Å². The first kappa shape index (κ1) is 19.3. The van der Waals surface area contributed by atoms with Crippen LogP contribution in [-0.2, 0) is 25.9 Å². The molecule has 6 heteroatoms. The molecule has 0 fully saturated rings. The largest absolute Gasteiger partial charge is 0.347 e. The summed E-state index contributed by atoms with van der Waals surface area (Å²) in [4.78, 5) is 15.0. The number of halogens is 1. The Morgan fingerprint density at radius 3 is 2.45 bits per heavy atom. The fourth-order valence-electron chi connectivity index (χ4n) is 3.81. The number of benzene rings is 2. The number of aromatic nitrogens is 2. The third-order valence-corrected chi connectivity index (χ3v) is 5.19. The van der Waals surface area contributed by atoms with Crippen molar-refractivity contribution in [2.24, 2.45) is 0 Å². The van der Waals surface area contributed by atoms with Crippen LogP contribution in [0.3, 0.4) is 0 Å². The van der Waals surface area contributed by atoms with Crippen LogP contribution < -0.4 is 5.32 Å². The molecular weight excluding hydrogens is 367 g/mol. The minimum Gasteiger partial charge on any atom is -0.347 e. The molecule has 2 aromatic carbocycles. The van der Waals surface area contributed by atoms with E-state index in [2.05, 4.69) is 27.4 Å².